The molecule has 0 aliphatic carbocycles. The molecule has 0 bridgehead atoms. The number of aryl methyl sites for hydroxylation is 7. The Balaban J connectivity index is 0.685. The fourth-order valence-corrected chi connectivity index (χ4v) is 10.5. The van der Waals surface area contributed by atoms with Gasteiger partial charge in [0.2, 0.25) is 17.7 Å². The van der Waals surface area contributed by atoms with E-state index >= 15 is 0 Å². The first kappa shape index (κ1) is 48.4. The average molecular weight is 983 g/mol. The summed E-state index contributed by atoms with van der Waals surface area (Å²) < 4.78 is 7.77. The number of nitrogens with zero attached hydrogens (tertiary/aromatic N) is 10. The van der Waals surface area contributed by atoms with Crippen LogP contribution < -0.4 is 20.2 Å². The van der Waals surface area contributed by atoms with E-state index in [1.807, 2.05) is 29.3 Å². The molecular formula is C55H62N14O4+2. The molecule has 6 aromatic heterocycles. The van der Waals surface area contributed by atoms with Gasteiger partial charge in [0, 0.05) is 82.2 Å². The number of nitrogens with two attached hydrogens (primary N) is 1. The standard InChI is InChI=1S/C55H60N14O4/c1-32-10-12-47-43(22-32)51-33(2)45-29-65(20-14-41(45)35(4)53(51)58-47)25-38-27-68(62-60-38)18-8-16-57-24-50(72)64(7)37(6)55(73)67(31-49(56)71)17-9-19-69-28-39(61-63-69)26-66-21-15-42-36(5)54-52(34(3)46(42)30-66)44-23-40(70)11-13-48(44)59-54/h10-15,20-23,27-30,37,57H,8-9,16-19,24-26,31H2,1-7H3,(H3,56,70,71)/p+2. The first-order valence-corrected chi connectivity index (χ1v) is 24.8. The van der Waals surface area contributed by atoms with E-state index in [-0.39, 0.29) is 37.2 Å². The van der Waals surface area contributed by atoms with Crippen molar-refractivity contribution in [1.82, 2.24) is 55.1 Å². The van der Waals surface area contributed by atoms with Crippen LogP contribution in [-0.2, 0) is 40.6 Å². The van der Waals surface area contributed by atoms with Crippen molar-refractivity contribution in [1.29, 1.82) is 0 Å². The van der Waals surface area contributed by atoms with Crippen molar-refractivity contribution in [2.75, 3.05) is 33.2 Å². The van der Waals surface area contributed by atoms with Crippen molar-refractivity contribution in [2.24, 2.45) is 5.73 Å². The monoisotopic (exact) mass is 983 g/mol. The number of aromatic hydroxyl groups is 1. The minimum Gasteiger partial charge on any atom is -0.508 e. The third kappa shape index (κ3) is 9.53. The minimum atomic E-state index is -0.821. The number of benzene rings is 4. The number of phenolic OH excluding ortho intramolecular Hbond substituents is 1. The van der Waals surface area contributed by atoms with Gasteiger partial charge in [-0.3, -0.25) is 23.7 Å². The number of likely N-dealkylation sites (N-methyl/N-ethyl adjacent to an activating group) is 1. The van der Waals surface area contributed by atoms with Crippen molar-refractivity contribution in [3.8, 4) is 5.75 Å². The highest BCUT2D eigenvalue weighted by Gasteiger charge is 2.28. The number of phenols is 1. The molecule has 0 radical (unpaired) electrons. The average Bonchev–Trinajstić information content (AvgIpc) is 4.19. The number of hydrogen-bond acceptors (Lipinski definition) is 9. The molecule has 10 aromatic rings. The molecule has 1 unspecified atom stereocenters. The fourth-order valence-electron chi connectivity index (χ4n) is 10.5. The van der Waals surface area contributed by atoms with Crippen LogP contribution in [0.5, 0.6) is 5.75 Å². The molecule has 3 amide bonds. The molecule has 374 valence electrons. The van der Waals surface area contributed by atoms with Gasteiger partial charge in [0.1, 0.15) is 23.2 Å². The third-order valence-electron chi connectivity index (χ3n) is 14.6. The second-order valence-electron chi connectivity index (χ2n) is 19.7. The zero-order valence-corrected chi connectivity index (χ0v) is 42.5. The topological polar surface area (TPSA) is 217 Å². The van der Waals surface area contributed by atoms with Crippen molar-refractivity contribution < 1.29 is 28.6 Å². The van der Waals surface area contributed by atoms with Gasteiger partial charge in [-0.15, -0.1) is 10.2 Å². The van der Waals surface area contributed by atoms with Gasteiger partial charge in [0.05, 0.1) is 36.5 Å². The number of primary amides is 1. The summed E-state index contributed by atoms with van der Waals surface area (Å²) in [5, 5.41) is 40.3. The summed E-state index contributed by atoms with van der Waals surface area (Å²) >= 11 is 0. The van der Waals surface area contributed by atoms with Gasteiger partial charge in [0.25, 0.3) is 0 Å². The van der Waals surface area contributed by atoms with Gasteiger partial charge in [-0.05, 0) is 124 Å². The Hall–Kier alpha value is -8.25. The summed E-state index contributed by atoms with van der Waals surface area (Å²) in [7, 11) is 1.59. The molecule has 0 saturated heterocycles. The van der Waals surface area contributed by atoms with E-state index < -0.39 is 11.9 Å². The Morgan fingerprint density at radius 1 is 0.726 bits per heavy atom. The van der Waals surface area contributed by atoms with Crippen molar-refractivity contribution in [3.05, 3.63) is 125 Å². The lowest BCUT2D eigenvalue weighted by Gasteiger charge is -2.30. The predicted octanol–water partition coefficient (Wildman–Crippen LogP) is 5.60. The normalized spacial score (nSPS) is 12.3. The largest absolute Gasteiger partial charge is 0.508 e. The molecule has 4 aromatic carbocycles. The third-order valence-corrected chi connectivity index (χ3v) is 14.6. The van der Waals surface area contributed by atoms with Crippen LogP contribution in [0.4, 0.5) is 0 Å². The zero-order valence-electron chi connectivity index (χ0n) is 42.5. The Kier molecular flexibility index (Phi) is 13.1. The summed E-state index contributed by atoms with van der Waals surface area (Å²) in [6.07, 6.45) is 13.5. The molecule has 0 fully saturated rings. The van der Waals surface area contributed by atoms with Crippen LogP contribution in [-0.4, -0.2) is 112 Å². The first-order valence-electron chi connectivity index (χ1n) is 24.8. The lowest BCUT2D eigenvalue weighted by molar-refractivity contribution is -0.687. The molecule has 0 saturated carbocycles. The minimum absolute atomic E-state index is 0.0409. The van der Waals surface area contributed by atoms with E-state index in [9.17, 15) is 19.5 Å². The Bertz CT molecular complexity index is 3790. The van der Waals surface area contributed by atoms with Gasteiger partial charge < -0.3 is 35.9 Å². The summed E-state index contributed by atoms with van der Waals surface area (Å²) in [5.41, 5.74) is 17.5. The molecule has 6 N–H and O–H groups in total. The van der Waals surface area contributed by atoms with Gasteiger partial charge in [-0.2, -0.15) is 9.13 Å². The molecular weight excluding hydrogens is 921 g/mol. The number of aromatic nitrogens is 10. The lowest BCUT2D eigenvalue weighted by Crippen LogP contribution is -2.51. The van der Waals surface area contributed by atoms with Crippen LogP contribution >= 0.6 is 0 Å². The highest BCUT2D eigenvalue weighted by atomic mass is 16.3. The van der Waals surface area contributed by atoms with Crippen molar-refractivity contribution >= 4 is 82.9 Å². The number of hydrogen-bond donors (Lipinski definition) is 5. The summed E-state index contributed by atoms with van der Waals surface area (Å²) in [6, 6.07) is 15.4. The van der Waals surface area contributed by atoms with Gasteiger partial charge in [-0.25, -0.2) is 0 Å². The van der Waals surface area contributed by atoms with Gasteiger partial charge >= 0.3 is 0 Å². The predicted molar refractivity (Wildman–Crippen MR) is 281 cm³/mol. The van der Waals surface area contributed by atoms with Crippen LogP contribution in [0.3, 0.4) is 0 Å². The molecule has 0 aliphatic rings. The number of pyridine rings is 2. The molecule has 73 heavy (non-hydrogen) atoms. The van der Waals surface area contributed by atoms with Crippen molar-refractivity contribution in [3.63, 3.8) is 0 Å². The number of carbonyl (C=O) groups is 3. The second kappa shape index (κ2) is 19.7. The highest BCUT2D eigenvalue weighted by molar-refractivity contribution is 6.17. The smallest absolute Gasteiger partial charge is 0.245 e. The van der Waals surface area contributed by atoms with Crippen LogP contribution in [0.2, 0.25) is 0 Å². The lowest BCUT2D eigenvalue weighted by atomic mass is 9.96. The van der Waals surface area contributed by atoms with Crippen LogP contribution in [0.15, 0.2) is 85.7 Å². The summed E-state index contributed by atoms with van der Waals surface area (Å²) in [4.78, 5) is 49.1. The molecule has 0 aliphatic heterocycles. The number of carbonyl (C=O) groups excluding carboxylic acids is 3. The van der Waals surface area contributed by atoms with E-state index in [1.54, 1.807) is 30.8 Å². The van der Waals surface area contributed by atoms with Crippen LogP contribution in [0.25, 0.3) is 65.2 Å². The second-order valence-corrected chi connectivity index (χ2v) is 19.7. The molecule has 1 atom stereocenters. The SMILES string of the molecule is Cc1ccc2[nH]c3c(C)c4cc[n+](Cc5cn(CCCNCC(=O)N(C)C(C)C(=O)N(CCCn6cc(C[n+]7ccc8c(C)c9[nH]c%10ccc(O)cc%10c9c(C)c8c7)nn6)CC(N)=O)nn5)cc4c(C)c3c2c1. The number of H-pyrrole nitrogens is 2. The van der Waals surface area contributed by atoms with Crippen LogP contribution in [0, 0.1) is 34.6 Å². The van der Waals surface area contributed by atoms with Crippen LogP contribution in [0.1, 0.15) is 59.0 Å². The number of amides is 3. The van der Waals surface area contributed by atoms with E-state index in [0.717, 1.165) is 60.6 Å². The zero-order chi connectivity index (χ0) is 51.2. The molecule has 0 spiro atoms. The van der Waals surface area contributed by atoms with Gasteiger partial charge in [-0.1, -0.05) is 22.1 Å². The van der Waals surface area contributed by atoms with Crippen molar-refractivity contribution in [2.45, 2.75) is 86.6 Å². The van der Waals surface area contributed by atoms with E-state index in [2.05, 4.69) is 129 Å². The quantitative estimate of drug-likeness (QED) is 0.0534. The first-order chi connectivity index (χ1) is 35.1. The van der Waals surface area contributed by atoms with E-state index in [4.69, 9.17) is 5.73 Å². The number of aromatic amines is 2. The number of nitrogens with one attached hydrogen (secondary N) is 3. The fraction of sp³-hybridized carbons (Fsp3) is 0.327. The van der Waals surface area contributed by atoms with E-state index in [0.29, 0.717) is 45.6 Å². The van der Waals surface area contributed by atoms with E-state index in [1.165, 1.54) is 53.6 Å². The number of fused-ring (bicyclic) bond motifs is 8. The maximum atomic E-state index is 13.7. The highest BCUT2D eigenvalue weighted by Crippen LogP contribution is 2.38. The Labute approximate surface area is 421 Å². The van der Waals surface area contributed by atoms with Gasteiger partial charge in [0.15, 0.2) is 37.9 Å². The summed E-state index contributed by atoms with van der Waals surface area (Å²) in [6.45, 7) is 15.1. The molecule has 18 heteroatoms. The molecule has 6 heterocycles. The Morgan fingerprint density at radius 2 is 1.27 bits per heavy atom. The molecule has 10 rings (SSSR count). The maximum absolute atomic E-state index is 13.7. The number of rotatable bonds is 18. The Morgan fingerprint density at radius 3 is 1.85 bits per heavy atom. The summed E-state index contributed by atoms with van der Waals surface area (Å²) in [5.74, 6) is -1.03. The molecule has 18 nitrogen and oxygen atoms in total. The maximum Gasteiger partial charge on any atom is 0.245 e.